The van der Waals surface area contributed by atoms with Gasteiger partial charge >= 0.3 is 0 Å². The standard InChI is InChI=1S/C20H24N4O5S/c1-14(2)11-19(23-30(28,29)18-9-7-15(3)8-10-18)20(25)22-21-13-16-5-4-6-17(12-16)24(26)27/h4-10,12-14,19,23H,11H2,1-3H3,(H,22,25)/b21-13-/t19-/m1/s1. The number of hydrazone groups is 1. The number of nitro benzene ring substituents is 1. The molecule has 0 spiro atoms. The lowest BCUT2D eigenvalue weighted by Gasteiger charge is -2.19. The predicted octanol–water partition coefficient (Wildman–Crippen LogP) is 2.75. The maximum Gasteiger partial charge on any atom is 0.270 e. The molecule has 9 nitrogen and oxygen atoms in total. The van der Waals surface area contributed by atoms with Crippen LogP contribution in [0, 0.1) is 23.0 Å². The fourth-order valence-corrected chi connectivity index (χ4v) is 3.83. The van der Waals surface area contributed by atoms with Gasteiger partial charge in [-0.25, -0.2) is 13.8 Å². The number of nitro groups is 1. The lowest BCUT2D eigenvalue weighted by Crippen LogP contribution is -2.46. The monoisotopic (exact) mass is 432 g/mol. The van der Waals surface area contributed by atoms with Crippen LogP contribution in [0.15, 0.2) is 58.5 Å². The Balaban J connectivity index is 2.12. The van der Waals surface area contributed by atoms with E-state index in [0.29, 0.717) is 5.56 Å². The summed E-state index contributed by atoms with van der Waals surface area (Å²) in [5.74, 6) is -0.580. The molecular formula is C20H24N4O5S. The van der Waals surface area contributed by atoms with Gasteiger partial charge in [-0.15, -0.1) is 0 Å². The molecule has 30 heavy (non-hydrogen) atoms. The van der Waals surface area contributed by atoms with Gasteiger partial charge in [-0.05, 0) is 31.4 Å². The molecule has 0 fully saturated rings. The first-order chi connectivity index (χ1) is 14.1. The Morgan fingerprint density at radius 1 is 1.20 bits per heavy atom. The minimum atomic E-state index is -3.90. The van der Waals surface area contributed by atoms with Crippen LogP contribution in [-0.2, 0) is 14.8 Å². The quantitative estimate of drug-likeness (QED) is 0.357. The number of hydrogen-bond donors (Lipinski definition) is 2. The minimum Gasteiger partial charge on any atom is -0.271 e. The smallest absolute Gasteiger partial charge is 0.270 e. The van der Waals surface area contributed by atoms with Crippen molar-refractivity contribution in [3.8, 4) is 0 Å². The van der Waals surface area contributed by atoms with Gasteiger partial charge in [0.25, 0.3) is 11.6 Å². The van der Waals surface area contributed by atoms with E-state index in [0.717, 1.165) is 5.56 Å². The molecule has 1 atom stereocenters. The molecule has 0 saturated heterocycles. The molecule has 1 amide bonds. The number of sulfonamides is 1. The zero-order valence-corrected chi connectivity index (χ0v) is 17.7. The van der Waals surface area contributed by atoms with E-state index < -0.39 is 26.9 Å². The van der Waals surface area contributed by atoms with Crippen LogP contribution >= 0.6 is 0 Å². The molecular weight excluding hydrogens is 408 g/mol. The first-order valence-corrected chi connectivity index (χ1v) is 10.7. The number of non-ortho nitro benzene ring substituents is 1. The van der Waals surface area contributed by atoms with E-state index >= 15 is 0 Å². The van der Waals surface area contributed by atoms with Crippen LogP contribution in [0.1, 0.15) is 31.4 Å². The molecule has 2 aromatic carbocycles. The van der Waals surface area contributed by atoms with E-state index in [1.807, 2.05) is 20.8 Å². The molecule has 2 rings (SSSR count). The Bertz CT molecular complexity index is 1030. The van der Waals surface area contributed by atoms with Crippen molar-refractivity contribution < 1.29 is 18.1 Å². The maximum absolute atomic E-state index is 12.6. The first-order valence-electron chi connectivity index (χ1n) is 9.25. The average molecular weight is 433 g/mol. The van der Waals surface area contributed by atoms with Crippen LogP contribution in [0.2, 0.25) is 0 Å². The van der Waals surface area contributed by atoms with Crippen molar-refractivity contribution in [2.24, 2.45) is 11.0 Å². The SMILES string of the molecule is Cc1ccc(S(=O)(=O)N[C@H](CC(C)C)C(=O)N/N=C\c2cccc([N+](=O)[O-])c2)cc1. The molecule has 2 aromatic rings. The summed E-state index contributed by atoms with van der Waals surface area (Å²) in [6.45, 7) is 5.58. The van der Waals surface area contributed by atoms with Crippen LogP contribution in [0.25, 0.3) is 0 Å². The fraction of sp³-hybridized carbons (Fsp3) is 0.300. The number of carbonyl (C=O) groups excluding carboxylic acids is 1. The summed E-state index contributed by atoms with van der Waals surface area (Å²) >= 11 is 0. The van der Waals surface area contributed by atoms with Crippen LogP contribution in [0.4, 0.5) is 5.69 Å². The van der Waals surface area contributed by atoms with Crippen LogP contribution in [0.5, 0.6) is 0 Å². The number of benzene rings is 2. The molecule has 0 aromatic heterocycles. The molecule has 0 radical (unpaired) electrons. The van der Waals surface area contributed by atoms with Gasteiger partial charge in [-0.3, -0.25) is 14.9 Å². The van der Waals surface area contributed by atoms with Crippen molar-refractivity contribution >= 4 is 27.8 Å². The van der Waals surface area contributed by atoms with Crippen LogP contribution in [0.3, 0.4) is 0 Å². The van der Waals surface area contributed by atoms with Crippen molar-refractivity contribution in [2.75, 3.05) is 0 Å². The molecule has 160 valence electrons. The van der Waals surface area contributed by atoms with Gasteiger partial charge in [0.05, 0.1) is 16.0 Å². The van der Waals surface area contributed by atoms with Gasteiger partial charge in [-0.2, -0.15) is 9.82 Å². The number of nitrogens with one attached hydrogen (secondary N) is 2. The molecule has 0 aliphatic heterocycles. The van der Waals surface area contributed by atoms with Gasteiger partial charge < -0.3 is 0 Å². The molecule has 2 N–H and O–H groups in total. The first kappa shape index (κ1) is 23.2. The normalized spacial score (nSPS) is 12.8. The van der Waals surface area contributed by atoms with Gasteiger partial charge in [0.1, 0.15) is 6.04 Å². The Kier molecular flexibility index (Phi) is 7.79. The van der Waals surface area contributed by atoms with E-state index in [4.69, 9.17) is 0 Å². The van der Waals surface area contributed by atoms with Crippen molar-refractivity contribution in [2.45, 2.75) is 38.1 Å². The molecule has 10 heteroatoms. The van der Waals surface area contributed by atoms with Gasteiger partial charge in [0.15, 0.2) is 0 Å². The zero-order valence-electron chi connectivity index (χ0n) is 16.9. The van der Waals surface area contributed by atoms with E-state index in [9.17, 15) is 23.3 Å². The molecule has 0 aliphatic rings. The van der Waals surface area contributed by atoms with Crippen molar-refractivity contribution in [1.82, 2.24) is 10.1 Å². The van der Waals surface area contributed by atoms with Gasteiger partial charge in [0, 0.05) is 17.7 Å². The maximum atomic E-state index is 12.6. The summed E-state index contributed by atoms with van der Waals surface area (Å²) in [7, 11) is -3.90. The van der Waals surface area contributed by atoms with Crippen LogP contribution < -0.4 is 10.1 Å². The Morgan fingerprint density at radius 2 is 1.87 bits per heavy atom. The predicted molar refractivity (Wildman–Crippen MR) is 114 cm³/mol. The Hall–Kier alpha value is -3.11. The highest BCUT2D eigenvalue weighted by atomic mass is 32.2. The topological polar surface area (TPSA) is 131 Å². The van der Waals surface area contributed by atoms with Crippen molar-refractivity contribution in [1.29, 1.82) is 0 Å². The zero-order chi connectivity index (χ0) is 22.3. The van der Waals surface area contributed by atoms with E-state index in [2.05, 4.69) is 15.2 Å². The second-order valence-corrected chi connectivity index (χ2v) is 8.92. The average Bonchev–Trinajstić information content (AvgIpc) is 2.67. The molecule has 0 aliphatic carbocycles. The molecule has 0 unspecified atom stereocenters. The number of nitrogens with zero attached hydrogens (tertiary/aromatic N) is 2. The van der Waals surface area contributed by atoms with Crippen molar-refractivity contribution in [3.05, 3.63) is 69.8 Å². The highest BCUT2D eigenvalue weighted by molar-refractivity contribution is 7.89. The number of amides is 1. The minimum absolute atomic E-state index is 0.0437. The molecule has 0 bridgehead atoms. The second-order valence-electron chi connectivity index (χ2n) is 7.20. The van der Waals surface area contributed by atoms with E-state index in [1.54, 1.807) is 18.2 Å². The number of aryl methyl sites for hydroxylation is 1. The lowest BCUT2D eigenvalue weighted by molar-refractivity contribution is -0.384. The van der Waals surface area contributed by atoms with Gasteiger partial charge in [-0.1, -0.05) is 43.7 Å². The molecule has 0 heterocycles. The Labute approximate surface area is 175 Å². The largest absolute Gasteiger partial charge is 0.271 e. The summed E-state index contributed by atoms with van der Waals surface area (Å²) in [6, 6.07) is 11.0. The van der Waals surface area contributed by atoms with E-state index in [-0.39, 0.29) is 22.9 Å². The third-order valence-corrected chi connectivity index (χ3v) is 5.61. The highest BCUT2D eigenvalue weighted by Crippen LogP contribution is 2.14. The van der Waals surface area contributed by atoms with Crippen LogP contribution in [-0.4, -0.2) is 31.5 Å². The third kappa shape index (κ3) is 6.75. The summed E-state index contributed by atoms with van der Waals surface area (Å²) in [6.07, 6.45) is 1.52. The summed E-state index contributed by atoms with van der Waals surface area (Å²) in [4.78, 5) is 22.9. The lowest BCUT2D eigenvalue weighted by atomic mass is 10.0. The Morgan fingerprint density at radius 3 is 2.47 bits per heavy atom. The fourth-order valence-electron chi connectivity index (χ4n) is 2.62. The third-order valence-electron chi connectivity index (χ3n) is 4.12. The second kappa shape index (κ2) is 10.1. The summed E-state index contributed by atoms with van der Waals surface area (Å²) in [5.41, 5.74) is 3.54. The highest BCUT2D eigenvalue weighted by Gasteiger charge is 2.26. The molecule has 0 saturated carbocycles. The van der Waals surface area contributed by atoms with Gasteiger partial charge in [0.2, 0.25) is 10.0 Å². The number of hydrogen-bond acceptors (Lipinski definition) is 6. The summed E-state index contributed by atoms with van der Waals surface area (Å²) < 4.78 is 27.7. The number of carbonyl (C=O) groups is 1. The summed E-state index contributed by atoms with van der Waals surface area (Å²) in [5, 5.41) is 14.6. The number of rotatable bonds is 9. The van der Waals surface area contributed by atoms with Crippen molar-refractivity contribution in [3.63, 3.8) is 0 Å². The van der Waals surface area contributed by atoms with E-state index in [1.165, 1.54) is 36.5 Å².